The Hall–Kier alpha value is -5.44. The standard InChI is InChI=1S/C38H31BrN4O5S/c1-4-47-29-16-14-27(15-17-29)34-33(36(44)42-28-8-6-5-7-9-28)23(2)41-38-43(34)37(45)32(49-38)20-26-18-30(39)35(31(19-26)46-3)48-22-25-12-10-24(21-40)11-13-25/h5-20,34H,4,22H2,1-3H3,(H,42,44)/b32-20-/t34-/m0/s1. The molecule has 1 aliphatic rings. The van der Waals surface area contributed by atoms with Crippen molar-refractivity contribution in [3.63, 3.8) is 0 Å². The molecule has 1 N–H and O–H groups in total. The second-order valence-electron chi connectivity index (χ2n) is 11.0. The molecule has 11 heteroatoms. The molecule has 1 aromatic heterocycles. The van der Waals surface area contributed by atoms with E-state index in [0.717, 1.165) is 11.1 Å². The summed E-state index contributed by atoms with van der Waals surface area (Å²) in [5.41, 5.74) is 4.17. The van der Waals surface area contributed by atoms with Gasteiger partial charge in [0.15, 0.2) is 16.3 Å². The number of nitriles is 1. The number of benzene rings is 4. The first-order chi connectivity index (χ1) is 23.8. The van der Waals surface area contributed by atoms with Gasteiger partial charge in [-0.2, -0.15) is 5.26 Å². The molecule has 0 aliphatic carbocycles. The zero-order chi connectivity index (χ0) is 34.5. The molecule has 9 nitrogen and oxygen atoms in total. The number of rotatable bonds is 10. The molecule has 1 atom stereocenters. The molecule has 6 rings (SSSR count). The van der Waals surface area contributed by atoms with E-state index in [9.17, 15) is 9.59 Å². The highest BCUT2D eigenvalue weighted by molar-refractivity contribution is 9.10. The van der Waals surface area contributed by atoms with E-state index in [1.807, 2.05) is 79.7 Å². The summed E-state index contributed by atoms with van der Waals surface area (Å²) in [5.74, 6) is 1.33. The minimum atomic E-state index is -0.725. The number of nitrogens with one attached hydrogen (secondary N) is 1. The zero-order valence-electron chi connectivity index (χ0n) is 26.9. The summed E-state index contributed by atoms with van der Waals surface area (Å²) in [6.45, 7) is 4.49. The maximum atomic E-state index is 14.2. The number of hydrogen-bond donors (Lipinski definition) is 1. The number of para-hydroxylation sites is 1. The highest BCUT2D eigenvalue weighted by atomic mass is 79.9. The SMILES string of the molecule is CCOc1ccc([C@H]2C(C(=O)Nc3ccccc3)=C(C)N=c3s/c(=C\c4cc(Br)c(OCc5ccc(C#N)cc5)c(OC)c4)c(=O)n32)cc1. The molecule has 246 valence electrons. The lowest BCUT2D eigenvalue weighted by Gasteiger charge is -2.25. The molecule has 2 heterocycles. The maximum Gasteiger partial charge on any atom is 0.271 e. The van der Waals surface area contributed by atoms with E-state index in [1.54, 1.807) is 42.9 Å². The monoisotopic (exact) mass is 734 g/mol. The third-order valence-electron chi connectivity index (χ3n) is 7.82. The largest absolute Gasteiger partial charge is 0.494 e. The summed E-state index contributed by atoms with van der Waals surface area (Å²) in [6, 6.07) is 28.8. The number of carbonyl (C=O) groups is 1. The Morgan fingerprint density at radius 1 is 1.06 bits per heavy atom. The molecular weight excluding hydrogens is 704 g/mol. The number of anilines is 1. The predicted octanol–water partition coefficient (Wildman–Crippen LogP) is 6.49. The van der Waals surface area contributed by atoms with E-state index in [1.165, 1.54) is 11.3 Å². The molecular formula is C38H31BrN4O5S. The first kappa shape index (κ1) is 33.5. The molecule has 49 heavy (non-hydrogen) atoms. The van der Waals surface area contributed by atoms with Crippen LogP contribution in [0.15, 0.2) is 117 Å². The van der Waals surface area contributed by atoms with E-state index < -0.39 is 6.04 Å². The third kappa shape index (κ3) is 7.21. The van der Waals surface area contributed by atoms with Gasteiger partial charge in [0, 0.05) is 5.69 Å². The average Bonchev–Trinajstić information content (AvgIpc) is 3.41. The number of nitrogens with zero attached hydrogens (tertiary/aromatic N) is 3. The summed E-state index contributed by atoms with van der Waals surface area (Å²) >= 11 is 4.86. The Kier molecular flexibility index (Phi) is 10.1. The molecule has 5 aromatic rings. The highest BCUT2D eigenvalue weighted by Crippen LogP contribution is 2.37. The Morgan fingerprint density at radius 3 is 2.47 bits per heavy atom. The fourth-order valence-corrected chi connectivity index (χ4v) is 7.13. The zero-order valence-corrected chi connectivity index (χ0v) is 29.3. The fourth-order valence-electron chi connectivity index (χ4n) is 5.51. The number of ether oxygens (including phenoxy) is 3. The van der Waals surface area contributed by atoms with E-state index in [2.05, 4.69) is 27.3 Å². The van der Waals surface area contributed by atoms with Crippen molar-refractivity contribution in [2.24, 2.45) is 4.99 Å². The summed E-state index contributed by atoms with van der Waals surface area (Å²) in [6.07, 6.45) is 1.78. The number of allylic oxidation sites excluding steroid dienone is 1. The second-order valence-corrected chi connectivity index (χ2v) is 12.9. The van der Waals surface area contributed by atoms with Crippen LogP contribution in [0.2, 0.25) is 0 Å². The number of aromatic nitrogens is 1. The first-order valence-electron chi connectivity index (χ1n) is 15.4. The smallest absolute Gasteiger partial charge is 0.271 e. The van der Waals surface area contributed by atoms with Gasteiger partial charge < -0.3 is 19.5 Å². The van der Waals surface area contributed by atoms with Crippen LogP contribution in [0, 0.1) is 11.3 Å². The van der Waals surface area contributed by atoms with E-state index in [0.29, 0.717) is 65.7 Å². The van der Waals surface area contributed by atoms with Crippen molar-refractivity contribution in [1.29, 1.82) is 5.26 Å². The second kappa shape index (κ2) is 14.8. The number of halogens is 1. The average molecular weight is 736 g/mol. The molecule has 0 spiro atoms. The van der Waals surface area contributed by atoms with E-state index >= 15 is 0 Å². The molecule has 0 fully saturated rings. The van der Waals surface area contributed by atoms with Crippen LogP contribution in [-0.4, -0.2) is 24.2 Å². The van der Waals surface area contributed by atoms with Crippen LogP contribution in [-0.2, 0) is 11.4 Å². The molecule has 0 bridgehead atoms. The van der Waals surface area contributed by atoms with Gasteiger partial charge in [0.1, 0.15) is 12.4 Å². The molecule has 0 saturated carbocycles. The summed E-state index contributed by atoms with van der Waals surface area (Å²) in [7, 11) is 1.55. The summed E-state index contributed by atoms with van der Waals surface area (Å²) in [4.78, 5) is 33.3. The van der Waals surface area contributed by atoms with Crippen LogP contribution in [0.4, 0.5) is 5.69 Å². The lowest BCUT2D eigenvalue weighted by Crippen LogP contribution is -2.40. The van der Waals surface area contributed by atoms with Crippen molar-refractivity contribution in [2.45, 2.75) is 26.5 Å². The molecule has 1 aliphatic heterocycles. The van der Waals surface area contributed by atoms with Crippen LogP contribution in [0.1, 0.15) is 42.1 Å². The van der Waals surface area contributed by atoms with Crippen molar-refractivity contribution in [3.8, 4) is 23.3 Å². The van der Waals surface area contributed by atoms with E-state index in [-0.39, 0.29) is 18.1 Å². The number of fused-ring (bicyclic) bond motifs is 1. The number of hydrogen-bond acceptors (Lipinski definition) is 8. The van der Waals surface area contributed by atoms with Gasteiger partial charge in [-0.1, -0.05) is 53.8 Å². The minimum absolute atomic E-state index is 0.268. The van der Waals surface area contributed by atoms with Gasteiger partial charge in [-0.05, 0) is 101 Å². The Labute approximate surface area is 295 Å². The van der Waals surface area contributed by atoms with Crippen molar-refractivity contribution in [3.05, 3.63) is 149 Å². The summed E-state index contributed by atoms with van der Waals surface area (Å²) < 4.78 is 20.1. The number of amides is 1. The van der Waals surface area contributed by atoms with Crippen molar-refractivity contribution in [1.82, 2.24) is 4.57 Å². The van der Waals surface area contributed by atoms with Crippen molar-refractivity contribution >= 4 is 44.9 Å². The highest BCUT2D eigenvalue weighted by Gasteiger charge is 2.32. The third-order valence-corrected chi connectivity index (χ3v) is 9.39. The van der Waals surface area contributed by atoms with Crippen LogP contribution >= 0.6 is 27.3 Å². The summed E-state index contributed by atoms with van der Waals surface area (Å²) in [5, 5.41) is 12.0. The minimum Gasteiger partial charge on any atom is -0.494 e. The molecule has 0 unspecified atom stereocenters. The molecule has 0 saturated heterocycles. The number of thiazole rings is 1. The van der Waals surface area contributed by atoms with Gasteiger partial charge >= 0.3 is 0 Å². The lowest BCUT2D eigenvalue weighted by atomic mass is 9.95. The van der Waals surface area contributed by atoms with Crippen LogP contribution in [0.25, 0.3) is 6.08 Å². The number of carbonyl (C=O) groups excluding carboxylic acids is 1. The van der Waals surface area contributed by atoms with Gasteiger partial charge in [0.05, 0.1) is 51.7 Å². The lowest BCUT2D eigenvalue weighted by molar-refractivity contribution is -0.113. The van der Waals surface area contributed by atoms with Crippen LogP contribution < -0.4 is 34.4 Å². The quantitative estimate of drug-likeness (QED) is 0.175. The van der Waals surface area contributed by atoms with Crippen molar-refractivity contribution in [2.75, 3.05) is 19.0 Å². The first-order valence-corrected chi connectivity index (χ1v) is 17.0. The molecule has 0 radical (unpaired) electrons. The van der Waals surface area contributed by atoms with Crippen LogP contribution in [0.5, 0.6) is 17.2 Å². The topological polar surface area (TPSA) is 115 Å². The van der Waals surface area contributed by atoms with Crippen molar-refractivity contribution < 1.29 is 19.0 Å². The van der Waals surface area contributed by atoms with Gasteiger partial charge in [0.25, 0.3) is 11.5 Å². The van der Waals surface area contributed by atoms with Crippen LogP contribution in [0.3, 0.4) is 0 Å². The van der Waals surface area contributed by atoms with Gasteiger partial charge in [-0.15, -0.1) is 0 Å². The molecule has 4 aromatic carbocycles. The Morgan fingerprint density at radius 2 is 1.80 bits per heavy atom. The van der Waals surface area contributed by atoms with Gasteiger partial charge in [-0.25, -0.2) is 4.99 Å². The maximum absolute atomic E-state index is 14.2. The van der Waals surface area contributed by atoms with Gasteiger partial charge in [-0.3, -0.25) is 14.2 Å². The molecule has 1 amide bonds. The number of methoxy groups -OCH3 is 1. The normalized spacial score (nSPS) is 14.0. The fraction of sp³-hybridized carbons (Fsp3) is 0.158. The van der Waals surface area contributed by atoms with Gasteiger partial charge in [0.2, 0.25) is 0 Å². The predicted molar refractivity (Wildman–Crippen MR) is 193 cm³/mol. The van der Waals surface area contributed by atoms with E-state index in [4.69, 9.17) is 24.5 Å². The Bertz CT molecular complexity index is 2270. The Balaban J connectivity index is 1.39.